The quantitative estimate of drug-likeness (QED) is 0.816. The van der Waals surface area contributed by atoms with Gasteiger partial charge in [0.15, 0.2) is 0 Å². The molecule has 0 aliphatic rings. The molecule has 92 valence electrons. The third kappa shape index (κ3) is 3.61. The monoisotopic (exact) mass is 236 g/mol. The van der Waals surface area contributed by atoms with E-state index in [-0.39, 0.29) is 11.5 Å². The van der Waals surface area contributed by atoms with Gasteiger partial charge in [-0.25, -0.2) is 4.79 Å². The van der Waals surface area contributed by atoms with Crippen molar-refractivity contribution in [3.05, 3.63) is 23.7 Å². The lowest BCUT2D eigenvalue weighted by molar-refractivity contribution is 0.0692. The van der Waals surface area contributed by atoms with E-state index in [1.165, 1.54) is 12.3 Å². The molecule has 0 radical (unpaired) electrons. The first-order valence-corrected chi connectivity index (χ1v) is 5.50. The molecule has 0 saturated carbocycles. The number of nitriles is 1. The Morgan fingerprint density at radius 1 is 1.71 bits per heavy atom. The number of hydrogen-bond acceptors (Lipinski definition) is 4. The fourth-order valence-electron chi connectivity index (χ4n) is 1.59. The maximum Gasteiger partial charge on any atom is 0.339 e. The molecule has 0 aliphatic heterocycles. The van der Waals surface area contributed by atoms with Gasteiger partial charge in [-0.1, -0.05) is 6.92 Å². The molecule has 0 spiro atoms. The van der Waals surface area contributed by atoms with Crippen LogP contribution in [0.15, 0.2) is 16.7 Å². The Kier molecular flexibility index (Phi) is 4.73. The van der Waals surface area contributed by atoms with Crippen LogP contribution in [-0.4, -0.2) is 29.1 Å². The van der Waals surface area contributed by atoms with Crippen molar-refractivity contribution < 1.29 is 14.3 Å². The molecule has 1 heterocycles. The Hall–Kier alpha value is -1.80. The van der Waals surface area contributed by atoms with E-state index in [0.29, 0.717) is 18.8 Å². The first kappa shape index (κ1) is 13.3. The summed E-state index contributed by atoms with van der Waals surface area (Å²) in [6, 6.07) is 3.60. The summed E-state index contributed by atoms with van der Waals surface area (Å²) in [5.74, 6) is -0.638. The van der Waals surface area contributed by atoms with E-state index in [9.17, 15) is 4.79 Å². The number of aromatic carboxylic acids is 1. The third-order valence-electron chi connectivity index (χ3n) is 2.54. The van der Waals surface area contributed by atoms with Gasteiger partial charge in [0.2, 0.25) is 0 Å². The van der Waals surface area contributed by atoms with E-state index in [2.05, 4.69) is 6.07 Å². The number of nitrogens with zero attached hydrogens (tertiary/aromatic N) is 2. The Morgan fingerprint density at radius 3 is 2.94 bits per heavy atom. The predicted octanol–water partition coefficient (Wildman–Crippen LogP) is 1.96. The van der Waals surface area contributed by atoms with Crippen molar-refractivity contribution in [3.63, 3.8) is 0 Å². The Balaban J connectivity index is 2.71. The number of carbonyl (C=O) groups is 1. The zero-order valence-corrected chi connectivity index (χ0v) is 10.0. The normalized spacial score (nSPS) is 12.4. The second-order valence-corrected chi connectivity index (χ2v) is 3.92. The number of carboxylic acid groups (broad SMARTS) is 1. The lowest BCUT2D eigenvalue weighted by Gasteiger charge is -2.20. The Morgan fingerprint density at radius 2 is 2.41 bits per heavy atom. The van der Waals surface area contributed by atoms with Crippen molar-refractivity contribution in [1.82, 2.24) is 4.90 Å². The first-order chi connectivity index (χ1) is 8.08. The SMILES string of the molecule is CCN(Cc1occc1C(=O)O)CC(C)C#N. The molecule has 1 aromatic heterocycles. The van der Waals surface area contributed by atoms with Gasteiger partial charge >= 0.3 is 5.97 Å². The summed E-state index contributed by atoms with van der Waals surface area (Å²) in [7, 11) is 0. The van der Waals surface area contributed by atoms with Crippen LogP contribution >= 0.6 is 0 Å². The summed E-state index contributed by atoms with van der Waals surface area (Å²) in [6.45, 7) is 5.56. The minimum absolute atomic E-state index is 0.0850. The van der Waals surface area contributed by atoms with Crippen LogP contribution < -0.4 is 0 Å². The smallest absolute Gasteiger partial charge is 0.339 e. The van der Waals surface area contributed by atoms with Crippen LogP contribution in [0.25, 0.3) is 0 Å². The molecule has 0 fully saturated rings. The molecule has 0 aliphatic carbocycles. The molecule has 1 N–H and O–H groups in total. The van der Waals surface area contributed by atoms with Crippen molar-refractivity contribution in [1.29, 1.82) is 5.26 Å². The Bertz CT molecular complexity index is 420. The fraction of sp³-hybridized carbons (Fsp3) is 0.500. The van der Waals surface area contributed by atoms with Crippen LogP contribution in [0.3, 0.4) is 0 Å². The number of hydrogen-bond donors (Lipinski definition) is 1. The topological polar surface area (TPSA) is 77.5 Å². The largest absolute Gasteiger partial charge is 0.478 e. The minimum Gasteiger partial charge on any atom is -0.478 e. The zero-order chi connectivity index (χ0) is 12.8. The lowest BCUT2D eigenvalue weighted by atomic mass is 10.2. The highest BCUT2D eigenvalue weighted by molar-refractivity contribution is 5.88. The van der Waals surface area contributed by atoms with E-state index < -0.39 is 5.97 Å². The highest BCUT2D eigenvalue weighted by atomic mass is 16.4. The molecule has 0 bridgehead atoms. The van der Waals surface area contributed by atoms with E-state index >= 15 is 0 Å². The minimum atomic E-state index is -0.988. The van der Waals surface area contributed by atoms with Crippen LogP contribution in [0.4, 0.5) is 0 Å². The number of rotatable bonds is 6. The van der Waals surface area contributed by atoms with Gasteiger partial charge in [-0.2, -0.15) is 5.26 Å². The maximum absolute atomic E-state index is 10.9. The second-order valence-electron chi connectivity index (χ2n) is 3.92. The summed E-state index contributed by atoms with van der Waals surface area (Å²) in [6.07, 6.45) is 1.38. The predicted molar refractivity (Wildman–Crippen MR) is 61.4 cm³/mol. The van der Waals surface area contributed by atoms with Crippen LogP contribution in [0.2, 0.25) is 0 Å². The summed E-state index contributed by atoms with van der Waals surface area (Å²) < 4.78 is 5.17. The van der Waals surface area contributed by atoms with Gasteiger partial charge in [0.1, 0.15) is 11.3 Å². The average Bonchev–Trinajstić information content (AvgIpc) is 2.76. The molecule has 5 nitrogen and oxygen atoms in total. The van der Waals surface area contributed by atoms with E-state index in [1.807, 2.05) is 18.7 Å². The summed E-state index contributed by atoms with van der Waals surface area (Å²) >= 11 is 0. The van der Waals surface area contributed by atoms with Crippen molar-refractivity contribution in [3.8, 4) is 6.07 Å². The van der Waals surface area contributed by atoms with Crippen molar-refractivity contribution in [2.45, 2.75) is 20.4 Å². The van der Waals surface area contributed by atoms with Crippen LogP contribution in [0.5, 0.6) is 0 Å². The van der Waals surface area contributed by atoms with Gasteiger partial charge in [0.05, 0.1) is 24.8 Å². The van der Waals surface area contributed by atoms with Gasteiger partial charge in [0.25, 0.3) is 0 Å². The van der Waals surface area contributed by atoms with Gasteiger partial charge in [-0.15, -0.1) is 0 Å². The Labute approximate surface area is 100 Å². The summed E-state index contributed by atoms with van der Waals surface area (Å²) in [5.41, 5.74) is 0.188. The standard InChI is InChI=1S/C12H16N2O3/c1-3-14(7-9(2)6-13)8-11-10(12(15)16)4-5-17-11/h4-5,9H,3,7-8H2,1-2H3,(H,15,16). The van der Waals surface area contributed by atoms with Gasteiger partial charge in [-0.05, 0) is 19.5 Å². The number of furan rings is 1. The second kappa shape index (κ2) is 6.06. The number of carboxylic acids is 1. The van der Waals surface area contributed by atoms with Crippen molar-refractivity contribution in [2.24, 2.45) is 5.92 Å². The summed E-state index contributed by atoms with van der Waals surface area (Å²) in [5, 5.41) is 17.7. The first-order valence-electron chi connectivity index (χ1n) is 5.50. The molecule has 0 aromatic carbocycles. The van der Waals surface area contributed by atoms with Crippen LogP contribution in [0.1, 0.15) is 30.0 Å². The molecular formula is C12H16N2O3. The van der Waals surface area contributed by atoms with E-state index in [4.69, 9.17) is 14.8 Å². The van der Waals surface area contributed by atoms with E-state index in [1.54, 1.807) is 0 Å². The van der Waals surface area contributed by atoms with Crippen LogP contribution in [0, 0.1) is 17.2 Å². The molecule has 1 atom stereocenters. The lowest BCUT2D eigenvalue weighted by Crippen LogP contribution is -2.28. The molecule has 0 amide bonds. The molecule has 1 unspecified atom stereocenters. The maximum atomic E-state index is 10.9. The average molecular weight is 236 g/mol. The molecule has 1 rings (SSSR count). The molecule has 17 heavy (non-hydrogen) atoms. The molecule has 1 aromatic rings. The third-order valence-corrected chi connectivity index (χ3v) is 2.54. The molecule has 5 heteroatoms. The zero-order valence-electron chi connectivity index (χ0n) is 10.0. The van der Waals surface area contributed by atoms with Gasteiger partial charge in [-0.3, -0.25) is 4.90 Å². The van der Waals surface area contributed by atoms with Gasteiger partial charge in [0, 0.05) is 6.54 Å². The fourth-order valence-corrected chi connectivity index (χ4v) is 1.59. The molecular weight excluding hydrogens is 220 g/mol. The van der Waals surface area contributed by atoms with E-state index in [0.717, 1.165) is 6.54 Å². The van der Waals surface area contributed by atoms with Crippen LogP contribution in [-0.2, 0) is 6.54 Å². The van der Waals surface area contributed by atoms with Crippen molar-refractivity contribution in [2.75, 3.05) is 13.1 Å². The van der Waals surface area contributed by atoms with Crippen molar-refractivity contribution >= 4 is 5.97 Å². The van der Waals surface area contributed by atoms with Gasteiger partial charge < -0.3 is 9.52 Å². The highest BCUT2D eigenvalue weighted by Crippen LogP contribution is 2.14. The molecule has 0 saturated heterocycles. The highest BCUT2D eigenvalue weighted by Gasteiger charge is 2.17. The summed E-state index contributed by atoms with van der Waals surface area (Å²) in [4.78, 5) is 12.9.